The average molecular weight is 355 g/mol. The van der Waals surface area contributed by atoms with Gasteiger partial charge in [0.1, 0.15) is 12.4 Å². The van der Waals surface area contributed by atoms with Gasteiger partial charge in [-0.25, -0.2) is 9.18 Å². The second kappa shape index (κ2) is 7.79. The first-order chi connectivity index (χ1) is 8.95. The van der Waals surface area contributed by atoms with Crippen LogP contribution in [0.15, 0.2) is 16.6 Å². The number of benzene rings is 1. The lowest BCUT2D eigenvalue weighted by atomic mass is 10.1. The molecule has 0 aliphatic rings. The van der Waals surface area contributed by atoms with Crippen LogP contribution in [0.3, 0.4) is 0 Å². The van der Waals surface area contributed by atoms with Gasteiger partial charge in [-0.2, -0.15) is 0 Å². The van der Waals surface area contributed by atoms with Crippen molar-refractivity contribution in [1.82, 2.24) is 0 Å². The molecule has 19 heavy (non-hydrogen) atoms. The highest BCUT2D eigenvalue weighted by molar-refractivity contribution is 9.10. The molecule has 1 atom stereocenters. The number of esters is 1. The van der Waals surface area contributed by atoms with Crippen LogP contribution in [0, 0.1) is 5.82 Å². The molecule has 4 nitrogen and oxygen atoms in total. The van der Waals surface area contributed by atoms with Crippen molar-refractivity contribution in [2.75, 3.05) is 19.8 Å². The van der Waals surface area contributed by atoms with Crippen molar-refractivity contribution >= 4 is 33.5 Å². The monoisotopic (exact) mass is 353 g/mol. The topological polar surface area (TPSA) is 61.5 Å². The van der Waals surface area contributed by atoms with E-state index in [9.17, 15) is 9.18 Å². The number of nitrogens with two attached hydrogens (primary N) is 1. The predicted molar refractivity (Wildman–Crippen MR) is 73.5 cm³/mol. The summed E-state index contributed by atoms with van der Waals surface area (Å²) in [5.74, 6) is -0.965. The second-order valence-electron chi connectivity index (χ2n) is 3.71. The zero-order valence-corrected chi connectivity index (χ0v) is 12.6. The van der Waals surface area contributed by atoms with Gasteiger partial charge in [0.05, 0.1) is 24.3 Å². The van der Waals surface area contributed by atoms with E-state index >= 15 is 0 Å². The zero-order valence-electron chi connectivity index (χ0n) is 10.3. The largest absolute Gasteiger partial charge is 0.464 e. The lowest BCUT2D eigenvalue weighted by molar-refractivity contribution is -0.148. The molecule has 0 radical (unpaired) electrons. The Morgan fingerprint density at radius 3 is 2.89 bits per heavy atom. The highest BCUT2D eigenvalue weighted by Gasteiger charge is 2.15. The third-order valence-corrected chi connectivity index (χ3v) is 3.46. The third-order valence-electron chi connectivity index (χ3n) is 2.26. The van der Waals surface area contributed by atoms with Crippen LogP contribution in [0.1, 0.15) is 18.5 Å². The van der Waals surface area contributed by atoms with E-state index in [1.807, 2.05) is 0 Å². The number of ether oxygens (including phenoxy) is 2. The van der Waals surface area contributed by atoms with Crippen molar-refractivity contribution in [1.29, 1.82) is 0 Å². The van der Waals surface area contributed by atoms with Crippen LogP contribution in [-0.2, 0) is 14.3 Å². The van der Waals surface area contributed by atoms with E-state index in [0.29, 0.717) is 9.50 Å². The van der Waals surface area contributed by atoms with Crippen molar-refractivity contribution in [2.45, 2.75) is 13.0 Å². The maximum absolute atomic E-state index is 13.7. The van der Waals surface area contributed by atoms with Crippen LogP contribution < -0.4 is 5.73 Å². The van der Waals surface area contributed by atoms with Crippen molar-refractivity contribution < 1.29 is 18.7 Å². The zero-order chi connectivity index (χ0) is 14.4. The lowest BCUT2D eigenvalue weighted by Gasteiger charge is -2.14. The first-order valence-electron chi connectivity index (χ1n) is 5.59. The molecule has 1 aromatic rings. The quantitative estimate of drug-likeness (QED) is 0.630. The van der Waals surface area contributed by atoms with E-state index in [1.54, 1.807) is 6.92 Å². The SMILES string of the molecule is CCOC(=O)COCC(N)c1cc(Cl)c(Br)cc1F. The van der Waals surface area contributed by atoms with Crippen molar-refractivity contribution in [3.63, 3.8) is 0 Å². The fraction of sp³-hybridized carbons (Fsp3) is 0.417. The molecular formula is C12H14BrClFNO3. The smallest absolute Gasteiger partial charge is 0.332 e. The summed E-state index contributed by atoms with van der Waals surface area (Å²) >= 11 is 8.98. The Labute approximate surface area is 124 Å². The summed E-state index contributed by atoms with van der Waals surface area (Å²) in [6.07, 6.45) is 0. The van der Waals surface area contributed by atoms with Crippen molar-refractivity contribution in [3.05, 3.63) is 33.0 Å². The molecule has 106 valence electrons. The van der Waals surface area contributed by atoms with Gasteiger partial charge in [0.15, 0.2) is 0 Å². The molecule has 0 fully saturated rings. The average Bonchev–Trinajstić information content (AvgIpc) is 2.34. The second-order valence-corrected chi connectivity index (χ2v) is 4.98. The number of halogens is 3. The number of carbonyl (C=O) groups is 1. The van der Waals surface area contributed by atoms with Crippen LogP contribution in [0.4, 0.5) is 4.39 Å². The molecule has 1 unspecified atom stereocenters. The minimum absolute atomic E-state index is 0.00625. The van der Waals surface area contributed by atoms with Gasteiger partial charge in [-0.3, -0.25) is 0 Å². The summed E-state index contributed by atoms with van der Waals surface area (Å²) in [6.45, 7) is 1.76. The molecular weight excluding hydrogens is 340 g/mol. The molecule has 0 spiro atoms. The number of hydrogen-bond donors (Lipinski definition) is 1. The van der Waals surface area contributed by atoms with Gasteiger partial charge >= 0.3 is 5.97 Å². The van der Waals surface area contributed by atoms with Gasteiger partial charge in [0.25, 0.3) is 0 Å². The predicted octanol–water partition coefficient (Wildman–Crippen LogP) is 2.82. The van der Waals surface area contributed by atoms with Crippen LogP contribution in [0.2, 0.25) is 5.02 Å². The maximum Gasteiger partial charge on any atom is 0.332 e. The van der Waals surface area contributed by atoms with Gasteiger partial charge in [-0.15, -0.1) is 0 Å². The summed E-state index contributed by atoms with van der Waals surface area (Å²) < 4.78 is 23.9. The normalized spacial score (nSPS) is 12.3. The minimum atomic E-state index is -0.708. The summed E-state index contributed by atoms with van der Waals surface area (Å²) in [5.41, 5.74) is 6.02. The molecule has 2 N–H and O–H groups in total. The fourth-order valence-corrected chi connectivity index (χ4v) is 1.87. The Morgan fingerprint density at radius 1 is 1.58 bits per heavy atom. The summed E-state index contributed by atoms with van der Waals surface area (Å²) in [4.78, 5) is 11.0. The number of carbonyl (C=O) groups excluding carboxylic acids is 1. The summed E-state index contributed by atoms with van der Waals surface area (Å²) in [6, 6.07) is 1.96. The fourth-order valence-electron chi connectivity index (χ4n) is 1.38. The minimum Gasteiger partial charge on any atom is -0.464 e. The molecule has 0 heterocycles. The molecule has 0 aliphatic heterocycles. The van der Waals surface area contributed by atoms with Gasteiger partial charge < -0.3 is 15.2 Å². The summed E-state index contributed by atoms with van der Waals surface area (Å²) in [7, 11) is 0. The molecule has 0 saturated carbocycles. The highest BCUT2D eigenvalue weighted by atomic mass is 79.9. The molecule has 0 aliphatic carbocycles. The van der Waals surface area contributed by atoms with Crippen molar-refractivity contribution in [2.24, 2.45) is 5.73 Å². The van der Waals surface area contributed by atoms with E-state index < -0.39 is 17.8 Å². The van der Waals surface area contributed by atoms with Crippen molar-refractivity contribution in [3.8, 4) is 0 Å². The van der Waals surface area contributed by atoms with E-state index in [4.69, 9.17) is 22.1 Å². The van der Waals surface area contributed by atoms with Gasteiger partial charge in [-0.05, 0) is 35.0 Å². The lowest BCUT2D eigenvalue weighted by Crippen LogP contribution is -2.21. The molecule has 7 heteroatoms. The van der Waals surface area contributed by atoms with Crippen LogP contribution in [0.5, 0.6) is 0 Å². The summed E-state index contributed by atoms with van der Waals surface area (Å²) in [5, 5.41) is 0.359. The van der Waals surface area contributed by atoms with E-state index in [1.165, 1.54) is 12.1 Å². The standard InChI is InChI=1S/C12H14BrClFNO3/c1-2-19-12(17)6-18-5-11(16)7-3-9(14)8(13)4-10(7)15/h3-4,11H,2,5-6,16H2,1H3. The Balaban J connectivity index is 2.56. The van der Waals surface area contributed by atoms with Crippen LogP contribution in [-0.4, -0.2) is 25.8 Å². The van der Waals surface area contributed by atoms with Gasteiger partial charge in [0, 0.05) is 10.0 Å². The van der Waals surface area contributed by atoms with E-state index in [-0.39, 0.29) is 25.4 Å². The molecule has 0 bridgehead atoms. The number of hydrogen-bond acceptors (Lipinski definition) is 4. The van der Waals surface area contributed by atoms with E-state index in [0.717, 1.165) is 0 Å². The Bertz CT molecular complexity index is 459. The molecule has 1 aromatic carbocycles. The maximum atomic E-state index is 13.7. The first kappa shape index (κ1) is 16.4. The third kappa shape index (κ3) is 5.06. The van der Waals surface area contributed by atoms with Gasteiger partial charge in [-0.1, -0.05) is 11.6 Å². The van der Waals surface area contributed by atoms with Crippen LogP contribution >= 0.6 is 27.5 Å². The Kier molecular flexibility index (Phi) is 6.71. The molecule has 0 amide bonds. The highest BCUT2D eigenvalue weighted by Crippen LogP contribution is 2.28. The number of rotatable bonds is 6. The molecule has 0 aromatic heterocycles. The Hall–Kier alpha value is -0.690. The molecule has 0 saturated heterocycles. The molecule has 1 rings (SSSR count). The Morgan fingerprint density at radius 2 is 2.26 bits per heavy atom. The van der Waals surface area contributed by atoms with E-state index in [2.05, 4.69) is 20.7 Å². The van der Waals surface area contributed by atoms with Crippen LogP contribution in [0.25, 0.3) is 0 Å². The van der Waals surface area contributed by atoms with Gasteiger partial charge in [0.2, 0.25) is 0 Å². The first-order valence-corrected chi connectivity index (χ1v) is 6.76.